The molecule has 1 aromatic carbocycles. The standard InChI is InChI=1S/C23H34O3/c1-14(22(25-3)26-4)20-9-10-21-19-7-5-15-13-16(24)6-8-17(15)18(19)11-12-23(20,21)2/h5,7,14,16,20-22,24H,6,8-13H2,1-4H3. The highest BCUT2D eigenvalue weighted by molar-refractivity contribution is 5.47. The zero-order valence-corrected chi connectivity index (χ0v) is 16.8. The summed E-state index contributed by atoms with van der Waals surface area (Å²) in [5.74, 6) is 1.71. The van der Waals surface area contributed by atoms with E-state index in [-0.39, 0.29) is 12.4 Å². The molecule has 4 rings (SSSR count). The summed E-state index contributed by atoms with van der Waals surface area (Å²) in [7, 11) is 3.52. The molecule has 0 spiro atoms. The van der Waals surface area contributed by atoms with Crippen molar-refractivity contribution in [1.82, 2.24) is 0 Å². The Balaban J connectivity index is 1.66. The van der Waals surface area contributed by atoms with Gasteiger partial charge in [-0.1, -0.05) is 26.0 Å². The quantitative estimate of drug-likeness (QED) is 0.818. The van der Waals surface area contributed by atoms with Gasteiger partial charge in [-0.25, -0.2) is 0 Å². The Labute approximate surface area is 158 Å². The van der Waals surface area contributed by atoms with E-state index in [0.717, 1.165) is 19.3 Å². The highest BCUT2D eigenvalue weighted by Gasteiger charge is 2.52. The van der Waals surface area contributed by atoms with E-state index >= 15 is 0 Å². The number of hydrogen-bond acceptors (Lipinski definition) is 3. The molecule has 144 valence electrons. The molecule has 3 aliphatic carbocycles. The Hall–Kier alpha value is -0.900. The molecular weight excluding hydrogens is 324 g/mol. The highest BCUT2D eigenvalue weighted by Crippen LogP contribution is 2.61. The number of benzene rings is 1. The van der Waals surface area contributed by atoms with Gasteiger partial charge in [0.05, 0.1) is 6.10 Å². The van der Waals surface area contributed by atoms with Crippen molar-refractivity contribution < 1.29 is 14.6 Å². The molecule has 1 N–H and O–H groups in total. The predicted octanol–water partition coefficient (Wildman–Crippen LogP) is 4.24. The number of hydrogen-bond donors (Lipinski definition) is 1. The van der Waals surface area contributed by atoms with Crippen molar-refractivity contribution in [2.24, 2.45) is 17.3 Å². The van der Waals surface area contributed by atoms with Crippen LogP contribution in [0, 0.1) is 17.3 Å². The SMILES string of the molecule is COC(OC)C(C)C1CCC2c3ccc4c(c3CCC21C)CCC(O)C4. The van der Waals surface area contributed by atoms with Crippen molar-refractivity contribution in [3.63, 3.8) is 0 Å². The molecule has 3 heteroatoms. The molecule has 0 bridgehead atoms. The van der Waals surface area contributed by atoms with Gasteiger partial charge in [-0.2, -0.15) is 0 Å². The van der Waals surface area contributed by atoms with E-state index in [1.165, 1.54) is 31.2 Å². The van der Waals surface area contributed by atoms with E-state index in [1.54, 1.807) is 30.9 Å². The Bertz CT molecular complexity index is 666. The molecular formula is C23H34O3. The third-order valence-corrected chi connectivity index (χ3v) is 7.97. The molecule has 0 amide bonds. The van der Waals surface area contributed by atoms with Gasteiger partial charge < -0.3 is 14.6 Å². The molecule has 1 fully saturated rings. The van der Waals surface area contributed by atoms with Gasteiger partial charge in [0.2, 0.25) is 0 Å². The summed E-state index contributed by atoms with van der Waals surface area (Å²) < 4.78 is 11.2. The summed E-state index contributed by atoms with van der Waals surface area (Å²) in [5, 5.41) is 10.0. The smallest absolute Gasteiger partial charge is 0.159 e. The topological polar surface area (TPSA) is 38.7 Å². The second-order valence-electron chi connectivity index (χ2n) is 9.11. The maximum atomic E-state index is 10.0. The second kappa shape index (κ2) is 6.92. The second-order valence-corrected chi connectivity index (χ2v) is 9.11. The zero-order chi connectivity index (χ0) is 18.5. The lowest BCUT2D eigenvalue weighted by atomic mass is 9.60. The maximum Gasteiger partial charge on any atom is 0.159 e. The molecule has 0 aliphatic heterocycles. The van der Waals surface area contributed by atoms with E-state index in [4.69, 9.17) is 9.47 Å². The minimum Gasteiger partial charge on any atom is -0.393 e. The number of ether oxygens (including phenoxy) is 2. The molecule has 0 saturated heterocycles. The van der Waals surface area contributed by atoms with Gasteiger partial charge in [0, 0.05) is 20.1 Å². The van der Waals surface area contributed by atoms with Crippen molar-refractivity contribution in [2.75, 3.05) is 14.2 Å². The minimum absolute atomic E-state index is 0.109. The molecule has 5 unspecified atom stereocenters. The lowest BCUT2D eigenvalue weighted by Gasteiger charge is -2.45. The van der Waals surface area contributed by atoms with Crippen molar-refractivity contribution in [3.05, 3.63) is 34.4 Å². The van der Waals surface area contributed by atoms with E-state index in [1.807, 2.05) is 0 Å². The van der Waals surface area contributed by atoms with Crippen LogP contribution in [0.1, 0.15) is 67.7 Å². The van der Waals surface area contributed by atoms with Gasteiger partial charge in [-0.3, -0.25) is 0 Å². The summed E-state index contributed by atoms with van der Waals surface area (Å²) in [4.78, 5) is 0. The zero-order valence-electron chi connectivity index (χ0n) is 16.8. The third-order valence-electron chi connectivity index (χ3n) is 7.97. The van der Waals surface area contributed by atoms with Crippen LogP contribution in [0.3, 0.4) is 0 Å². The fourth-order valence-corrected chi connectivity index (χ4v) is 6.66. The van der Waals surface area contributed by atoms with Crippen LogP contribution in [0.2, 0.25) is 0 Å². The Kier molecular flexibility index (Phi) is 4.92. The van der Waals surface area contributed by atoms with Crippen molar-refractivity contribution in [1.29, 1.82) is 0 Å². The molecule has 1 saturated carbocycles. The van der Waals surface area contributed by atoms with Crippen LogP contribution in [0.25, 0.3) is 0 Å². The molecule has 3 nitrogen and oxygen atoms in total. The van der Waals surface area contributed by atoms with Crippen LogP contribution in [0.4, 0.5) is 0 Å². The highest BCUT2D eigenvalue weighted by atomic mass is 16.7. The number of aliphatic hydroxyl groups is 1. The van der Waals surface area contributed by atoms with Crippen LogP contribution >= 0.6 is 0 Å². The molecule has 3 aliphatic rings. The van der Waals surface area contributed by atoms with Gasteiger partial charge in [0.15, 0.2) is 6.29 Å². The number of rotatable bonds is 4. The van der Waals surface area contributed by atoms with Gasteiger partial charge in [-0.15, -0.1) is 0 Å². The van der Waals surface area contributed by atoms with Gasteiger partial charge in [0.1, 0.15) is 0 Å². The molecule has 5 atom stereocenters. The monoisotopic (exact) mass is 358 g/mol. The first-order valence-corrected chi connectivity index (χ1v) is 10.4. The number of aliphatic hydroxyl groups excluding tert-OH is 1. The van der Waals surface area contributed by atoms with Crippen molar-refractivity contribution >= 4 is 0 Å². The summed E-state index contributed by atoms with van der Waals surface area (Å²) in [6.45, 7) is 4.82. The lowest BCUT2D eigenvalue weighted by molar-refractivity contribution is -0.154. The van der Waals surface area contributed by atoms with Crippen molar-refractivity contribution in [2.45, 2.75) is 77.1 Å². The average Bonchev–Trinajstić information content (AvgIpc) is 2.99. The fourth-order valence-electron chi connectivity index (χ4n) is 6.66. The minimum atomic E-state index is -0.147. The van der Waals surface area contributed by atoms with Crippen molar-refractivity contribution in [3.8, 4) is 0 Å². The summed E-state index contributed by atoms with van der Waals surface area (Å²) in [6, 6.07) is 4.71. The van der Waals surface area contributed by atoms with E-state index in [2.05, 4.69) is 26.0 Å². The van der Waals surface area contributed by atoms with E-state index in [0.29, 0.717) is 23.2 Å². The average molecular weight is 359 g/mol. The van der Waals surface area contributed by atoms with Crippen LogP contribution in [0.15, 0.2) is 12.1 Å². The first-order valence-electron chi connectivity index (χ1n) is 10.4. The maximum absolute atomic E-state index is 10.0. The molecule has 0 heterocycles. The Morgan fingerprint density at radius 2 is 1.85 bits per heavy atom. The summed E-state index contributed by atoms with van der Waals surface area (Å²) >= 11 is 0. The van der Waals surface area contributed by atoms with E-state index in [9.17, 15) is 5.11 Å². The molecule has 26 heavy (non-hydrogen) atoms. The largest absolute Gasteiger partial charge is 0.393 e. The van der Waals surface area contributed by atoms with Gasteiger partial charge >= 0.3 is 0 Å². The predicted molar refractivity (Wildman–Crippen MR) is 103 cm³/mol. The fraction of sp³-hybridized carbons (Fsp3) is 0.739. The summed E-state index contributed by atoms with van der Waals surface area (Å²) in [5.41, 5.74) is 6.53. The first kappa shape index (κ1) is 18.5. The van der Waals surface area contributed by atoms with Crippen LogP contribution < -0.4 is 0 Å². The third kappa shape index (κ3) is 2.75. The number of fused-ring (bicyclic) bond motifs is 5. The molecule has 1 aromatic rings. The van der Waals surface area contributed by atoms with E-state index < -0.39 is 0 Å². The molecule has 0 aromatic heterocycles. The van der Waals surface area contributed by atoms with Gasteiger partial charge in [0.25, 0.3) is 0 Å². The normalized spacial score (nSPS) is 34.3. The number of methoxy groups -OCH3 is 2. The van der Waals surface area contributed by atoms with Gasteiger partial charge in [-0.05, 0) is 84.5 Å². The first-order chi connectivity index (χ1) is 12.5. The van der Waals surface area contributed by atoms with Crippen LogP contribution in [-0.4, -0.2) is 31.7 Å². The lowest BCUT2D eigenvalue weighted by Crippen LogP contribution is -2.40. The Morgan fingerprint density at radius 3 is 2.58 bits per heavy atom. The molecule has 0 radical (unpaired) electrons. The van der Waals surface area contributed by atoms with Crippen LogP contribution in [-0.2, 0) is 28.7 Å². The summed E-state index contributed by atoms with van der Waals surface area (Å²) in [6.07, 6.45) is 7.56. The Morgan fingerprint density at radius 1 is 1.08 bits per heavy atom. The van der Waals surface area contributed by atoms with Crippen LogP contribution in [0.5, 0.6) is 0 Å².